The minimum Gasteiger partial charge on any atom is -0.507 e. The highest BCUT2D eigenvalue weighted by molar-refractivity contribution is 7.93. The highest BCUT2D eigenvalue weighted by atomic mass is 32.2. The molecule has 0 aliphatic rings. The van der Waals surface area contributed by atoms with Gasteiger partial charge in [0.1, 0.15) is 11.5 Å². The number of carbonyl (C=O) groups is 1. The second-order valence-corrected chi connectivity index (χ2v) is 18.6. The number of anilines is 4. The number of fused-ring (bicyclic) bond motifs is 2. The van der Waals surface area contributed by atoms with Crippen LogP contribution in [-0.2, 0) is 40.3 Å². The van der Waals surface area contributed by atoms with Crippen molar-refractivity contribution >= 4 is 90.6 Å². The zero-order valence-electron chi connectivity index (χ0n) is 28.8. The molecule has 0 atom stereocenters. The van der Waals surface area contributed by atoms with Gasteiger partial charge in [0.15, 0.2) is 0 Å². The third-order valence-electron chi connectivity index (χ3n) is 8.46. The molecule has 0 spiro atoms. The first-order valence-electron chi connectivity index (χ1n) is 15.8. The van der Waals surface area contributed by atoms with E-state index in [1.807, 2.05) is 0 Å². The molecule has 0 heterocycles. The van der Waals surface area contributed by atoms with Crippen LogP contribution in [0, 0.1) is 13.8 Å². The number of benzene rings is 6. The van der Waals surface area contributed by atoms with Gasteiger partial charge in [-0.3, -0.25) is 18.5 Å². The predicted molar refractivity (Wildman–Crippen MR) is 207 cm³/mol. The Kier molecular flexibility index (Phi) is 10.1. The van der Waals surface area contributed by atoms with E-state index in [4.69, 9.17) is 0 Å². The average Bonchev–Trinajstić information content (AvgIpc) is 3.08. The molecule has 0 bridgehead atoms. The normalized spacial score (nSPS) is 12.4. The Morgan fingerprint density at radius 2 is 0.857 bits per heavy atom. The summed E-state index contributed by atoms with van der Waals surface area (Å²) in [5, 5.41) is 26.4. The molecule has 0 aliphatic heterocycles. The van der Waals surface area contributed by atoms with Gasteiger partial charge in [0.05, 0.1) is 31.0 Å². The number of rotatable bonds is 10. The SMILES string of the molecule is Cc1cc(S(=O)(=O)Nc2cccc3cc(S(=O)(=O)O)cc(O)c23)ccc1NC(=O)Nc1ccc(S(=O)(=O)Nc2cccc3cc(S(=O)(=O)O)cc(O)c23)cc1C. The average molecular weight is 843 g/mol. The van der Waals surface area contributed by atoms with E-state index in [-0.39, 0.29) is 54.1 Å². The second-order valence-electron chi connectivity index (χ2n) is 12.4. The molecular formula is C35H30N4O13S4. The van der Waals surface area contributed by atoms with Crippen molar-refractivity contribution in [1.29, 1.82) is 0 Å². The van der Waals surface area contributed by atoms with Crippen molar-refractivity contribution in [2.45, 2.75) is 33.4 Å². The summed E-state index contributed by atoms with van der Waals surface area (Å²) in [6.45, 7) is 3.08. The van der Waals surface area contributed by atoms with Crippen molar-refractivity contribution in [3.05, 3.63) is 108 Å². The fourth-order valence-corrected chi connectivity index (χ4v) is 9.18. The molecule has 21 heteroatoms. The molecule has 0 saturated carbocycles. The fraction of sp³-hybridized carbons (Fsp3) is 0.0571. The molecule has 2 amide bonds. The van der Waals surface area contributed by atoms with Crippen LogP contribution in [0.4, 0.5) is 27.5 Å². The largest absolute Gasteiger partial charge is 0.507 e. The monoisotopic (exact) mass is 842 g/mol. The molecule has 6 rings (SSSR count). The molecule has 8 N–H and O–H groups in total. The number of phenols is 2. The van der Waals surface area contributed by atoms with Crippen LogP contribution in [0.25, 0.3) is 21.5 Å². The molecule has 0 fully saturated rings. The summed E-state index contributed by atoms with van der Waals surface area (Å²) in [5.74, 6) is -1.19. The molecule has 6 aromatic carbocycles. The Labute approximate surface area is 320 Å². The number of amides is 2. The Bertz CT molecular complexity index is 2880. The molecule has 0 saturated heterocycles. The van der Waals surface area contributed by atoms with Crippen LogP contribution >= 0.6 is 0 Å². The first-order valence-corrected chi connectivity index (χ1v) is 21.7. The van der Waals surface area contributed by atoms with Crippen LogP contribution in [0.5, 0.6) is 11.5 Å². The van der Waals surface area contributed by atoms with Gasteiger partial charge in [-0.25, -0.2) is 21.6 Å². The maximum absolute atomic E-state index is 13.4. The van der Waals surface area contributed by atoms with Crippen molar-refractivity contribution in [2.75, 3.05) is 20.1 Å². The summed E-state index contributed by atoms with van der Waals surface area (Å²) in [5.41, 5.74) is 0.973. The maximum atomic E-state index is 13.4. The van der Waals surface area contributed by atoms with Gasteiger partial charge in [0, 0.05) is 34.3 Å². The second kappa shape index (κ2) is 14.3. The van der Waals surface area contributed by atoms with E-state index < -0.39 is 67.6 Å². The van der Waals surface area contributed by atoms with Crippen molar-refractivity contribution in [3.63, 3.8) is 0 Å². The first-order chi connectivity index (χ1) is 26.0. The minimum atomic E-state index is -4.65. The third kappa shape index (κ3) is 8.17. The predicted octanol–water partition coefficient (Wildman–Crippen LogP) is 5.76. The molecule has 0 aromatic heterocycles. The van der Waals surface area contributed by atoms with Gasteiger partial charge in [-0.2, -0.15) is 16.8 Å². The van der Waals surface area contributed by atoms with Crippen molar-refractivity contribution < 1.29 is 57.8 Å². The smallest absolute Gasteiger partial charge is 0.323 e. The number of carbonyl (C=O) groups excluding carboxylic acids is 1. The van der Waals surface area contributed by atoms with Crippen LogP contribution in [0.2, 0.25) is 0 Å². The van der Waals surface area contributed by atoms with E-state index in [1.165, 1.54) is 86.6 Å². The highest BCUT2D eigenvalue weighted by Gasteiger charge is 2.23. The van der Waals surface area contributed by atoms with Crippen molar-refractivity contribution in [2.24, 2.45) is 0 Å². The lowest BCUT2D eigenvalue weighted by Gasteiger charge is -2.16. The van der Waals surface area contributed by atoms with E-state index in [9.17, 15) is 57.8 Å². The van der Waals surface area contributed by atoms with Gasteiger partial charge >= 0.3 is 6.03 Å². The Morgan fingerprint density at radius 1 is 0.482 bits per heavy atom. The molecule has 6 aromatic rings. The van der Waals surface area contributed by atoms with E-state index in [0.717, 1.165) is 24.3 Å². The van der Waals surface area contributed by atoms with E-state index in [0.29, 0.717) is 11.1 Å². The Hall–Kier alpha value is -5.97. The van der Waals surface area contributed by atoms with Crippen LogP contribution in [0.15, 0.2) is 117 Å². The summed E-state index contributed by atoms with van der Waals surface area (Å²) < 4.78 is 123. The number of hydrogen-bond donors (Lipinski definition) is 8. The lowest BCUT2D eigenvalue weighted by Crippen LogP contribution is -2.21. The summed E-state index contributed by atoms with van der Waals surface area (Å²) in [7, 11) is -17.9. The van der Waals surface area contributed by atoms with Crippen LogP contribution in [0.3, 0.4) is 0 Å². The first kappa shape index (κ1) is 39.7. The molecule has 292 valence electrons. The van der Waals surface area contributed by atoms with Crippen LogP contribution < -0.4 is 20.1 Å². The number of aryl methyl sites for hydroxylation is 2. The molecule has 0 aliphatic carbocycles. The summed E-state index contributed by atoms with van der Waals surface area (Å²) in [6.07, 6.45) is 0. The Morgan fingerprint density at radius 3 is 1.20 bits per heavy atom. The van der Waals surface area contributed by atoms with Gasteiger partial charge in [-0.15, -0.1) is 0 Å². The molecule has 56 heavy (non-hydrogen) atoms. The highest BCUT2D eigenvalue weighted by Crippen LogP contribution is 2.37. The van der Waals surface area contributed by atoms with Gasteiger partial charge in [-0.1, -0.05) is 24.3 Å². The van der Waals surface area contributed by atoms with E-state index in [1.54, 1.807) is 0 Å². The number of nitrogens with one attached hydrogen (secondary N) is 4. The number of hydrogen-bond acceptors (Lipinski definition) is 11. The summed E-state index contributed by atoms with van der Waals surface area (Å²) >= 11 is 0. The molecule has 17 nitrogen and oxygen atoms in total. The zero-order valence-corrected chi connectivity index (χ0v) is 32.1. The topological polar surface area (TPSA) is 283 Å². The number of urea groups is 1. The van der Waals surface area contributed by atoms with Crippen molar-refractivity contribution in [1.82, 2.24) is 0 Å². The third-order valence-corrected chi connectivity index (χ3v) is 12.8. The number of aromatic hydroxyl groups is 2. The molecule has 0 unspecified atom stereocenters. The zero-order chi connectivity index (χ0) is 41.0. The molecule has 0 radical (unpaired) electrons. The quantitative estimate of drug-likeness (QED) is 0.0763. The molecular weight excluding hydrogens is 813 g/mol. The maximum Gasteiger partial charge on any atom is 0.323 e. The minimum absolute atomic E-state index is 0.0170. The summed E-state index contributed by atoms with van der Waals surface area (Å²) in [4.78, 5) is 11.4. The lowest BCUT2D eigenvalue weighted by molar-refractivity contribution is 0.262. The van der Waals surface area contributed by atoms with Gasteiger partial charge in [-0.05, 0) is 96.4 Å². The van der Waals surface area contributed by atoms with Gasteiger partial charge < -0.3 is 20.8 Å². The standard InChI is InChI=1S/C35H30N4O13S4/c1-19-13-23(53(43,44)38-29-7-3-5-21-15-25(55(47,48)49)17-31(40)33(21)29)9-11-27(19)36-35(42)37-28-12-10-24(14-20(28)2)54(45,46)39-30-8-4-6-22-16-26(56(50,51)52)18-32(41)34(22)30/h3-18,38-41H,1-2H3,(H2,36,37,42)(H,47,48,49)(H,50,51,52). The summed E-state index contributed by atoms with van der Waals surface area (Å²) in [6, 6.07) is 19.0. The van der Waals surface area contributed by atoms with Crippen LogP contribution in [0.1, 0.15) is 11.1 Å². The lowest BCUT2D eigenvalue weighted by atomic mass is 10.1. The van der Waals surface area contributed by atoms with Crippen LogP contribution in [-0.4, -0.2) is 59.0 Å². The van der Waals surface area contributed by atoms with Gasteiger partial charge in [0.2, 0.25) is 0 Å². The van der Waals surface area contributed by atoms with E-state index in [2.05, 4.69) is 20.1 Å². The van der Waals surface area contributed by atoms with E-state index >= 15 is 0 Å². The fourth-order valence-electron chi connectivity index (χ4n) is 5.79. The van der Waals surface area contributed by atoms with Crippen molar-refractivity contribution in [3.8, 4) is 11.5 Å². The Balaban J connectivity index is 1.16. The number of phenolic OH excluding ortho intramolecular Hbond substituents is 2. The number of sulfonamides is 2. The van der Waals surface area contributed by atoms with Gasteiger partial charge in [0.25, 0.3) is 40.3 Å².